The highest BCUT2D eigenvalue weighted by molar-refractivity contribution is 7.89. The van der Waals surface area contributed by atoms with Gasteiger partial charge in [0.2, 0.25) is 10.0 Å². The van der Waals surface area contributed by atoms with Crippen molar-refractivity contribution in [3.63, 3.8) is 0 Å². The topological polar surface area (TPSA) is 64.4 Å². The van der Waals surface area contributed by atoms with Crippen LogP contribution in [0.4, 0.5) is 4.39 Å². The molecule has 0 N–H and O–H groups in total. The largest absolute Gasteiger partial charge is 0.299 e. The molecule has 2 rings (SSSR count). The Morgan fingerprint density at radius 3 is 2.57 bits per heavy atom. The number of hydrogen-bond acceptors (Lipinski definition) is 4. The highest BCUT2D eigenvalue weighted by Gasteiger charge is 2.28. The Morgan fingerprint density at radius 2 is 2.00 bits per heavy atom. The van der Waals surface area contributed by atoms with Gasteiger partial charge in [-0.25, -0.2) is 12.8 Å². The first-order valence-electron chi connectivity index (χ1n) is 6.81. The molecule has 1 saturated heterocycles. The fraction of sp³-hybridized carbons (Fsp3) is 0.500. The van der Waals surface area contributed by atoms with Crippen LogP contribution in [0.1, 0.15) is 6.92 Å². The van der Waals surface area contributed by atoms with Crippen molar-refractivity contribution in [1.82, 2.24) is 9.21 Å². The third kappa shape index (κ3) is 3.79. The molecule has 1 aliphatic rings. The second kappa shape index (κ2) is 6.52. The maximum absolute atomic E-state index is 13.2. The molecule has 0 saturated carbocycles. The van der Waals surface area contributed by atoms with E-state index in [9.17, 15) is 12.8 Å². The lowest BCUT2D eigenvalue weighted by Gasteiger charge is -2.34. The van der Waals surface area contributed by atoms with E-state index in [1.54, 1.807) is 0 Å². The molecule has 0 aromatic heterocycles. The summed E-state index contributed by atoms with van der Waals surface area (Å²) in [5.41, 5.74) is 0. The zero-order chi connectivity index (χ0) is 15.5. The minimum absolute atomic E-state index is 0.0126. The lowest BCUT2D eigenvalue weighted by molar-refractivity contribution is 0.178. The first-order chi connectivity index (χ1) is 9.93. The van der Waals surface area contributed by atoms with Crippen molar-refractivity contribution < 1.29 is 12.8 Å². The molecule has 1 aromatic carbocycles. The van der Waals surface area contributed by atoms with Crippen LogP contribution in [-0.2, 0) is 10.0 Å². The molecule has 0 bridgehead atoms. The Hall–Kier alpha value is -1.49. The molecule has 1 fully saturated rings. The molecule has 0 aliphatic carbocycles. The fourth-order valence-electron chi connectivity index (χ4n) is 2.36. The molecule has 7 heteroatoms. The first kappa shape index (κ1) is 15.9. The smallest absolute Gasteiger partial charge is 0.243 e. The van der Waals surface area contributed by atoms with Gasteiger partial charge in [-0.2, -0.15) is 9.57 Å². The van der Waals surface area contributed by atoms with Crippen LogP contribution < -0.4 is 0 Å². The van der Waals surface area contributed by atoms with Gasteiger partial charge in [0, 0.05) is 32.7 Å². The Kier molecular flexibility index (Phi) is 4.93. The van der Waals surface area contributed by atoms with Crippen molar-refractivity contribution in [3.05, 3.63) is 30.1 Å². The number of sulfonamides is 1. The molecule has 1 atom stereocenters. The number of benzene rings is 1. The van der Waals surface area contributed by atoms with Crippen molar-refractivity contribution in [2.24, 2.45) is 5.92 Å². The van der Waals surface area contributed by atoms with Gasteiger partial charge in [0.05, 0.1) is 16.9 Å². The van der Waals surface area contributed by atoms with Gasteiger partial charge in [-0.1, -0.05) is 6.07 Å². The van der Waals surface area contributed by atoms with Gasteiger partial charge in [0.25, 0.3) is 0 Å². The summed E-state index contributed by atoms with van der Waals surface area (Å²) >= 11 is 0. The minimum Gasteiger partial charge on any atom is -0.299 e. The van der Waals surface area contributed by atoms with Gasteiger partial charge < -0.3 is 0 Å². The van der Waals surface area contributed by atoms with E-state index < -0.39 is 15.8 Å². The molecule has 1 aromatic rings. The minimum atomic E-state index is -3.64. The van der Waals surface area contributed by atoms with Crippen molar-refractivity contribution in [1.29, 1.82) is 5.26 Å². The first-order valence-corrected chi connectivity index (χ1v) is 8.25. The van der Waals surface area contributed by atoms with E-state index in [1.807, 2.05) is 6.92 Å². The molecular formula is C14H18FN3O2S. The van der Waals surface area contributed by atoms with Crippen LogP contribution in [-0.4, -0.2) is 50.3 Å². The maximum Gasteiger partial charge on any atom is 0.243 e. The van der Waals surface area contributed by atoms with Gasteiger partial charge >= 0.3 is 0 Å². The summed E-state index contributed by atoms with van der Waals surface area (Å²) in [6, 6.07) is 7.24. The number of rotatable bonds is 4. The van der Waals surface area contributed by atoms with Crippen LogP contribution in [0.15, 0.2) is 29.2 Å². The molecule has 114 valence electrons. The van der Waals surface area contributed by atoms with Crippen LogP contribution >= 0.6 is 0 Å². The van der Waals surface area contributed by atoms with Crippen molar-refractivity contribution in [3.8, 4) is 6.07 Å². The van der Waals surface area contributed by atoms with Gasteiger partial charge in [-0.3, -0.25) is 4.90 Å². The van der Waals surface area contributed by atoms with Crippen LogP contribution in [0.3, 0.4) is 0 Å². The number of halogens is 1. The predicted octanol–water partition coefficient (Wildman–Crippen LogP) is 1.29. The van der Waals surface area contributed by atoms with Gasteiger partial charge in [-0.05, 0) is 25.1 Å². The molecule has 1 aliphatic heterocycles. The highest BCUT2D eigenvalue weighted by Crippen LogP contribution is 2.18. The van der Waals surface area contributed by atoms with Crippen molar-refractivity contribution in [2.45, 2.75) is 11.8 Å². The van der Waals surface area contributed by atoms with Gasteiger partial charge in [0.15, 0.2) is 0 Å². The SMILES string of the molecule is C[C@H](C#N)CN1CCN(S(=O)(=O)c2cccc(F)c2)CC1. The Bertz CT molecular complexity index is 634. The summed E-state index contributed by atoms with van der Waals surface area (Å²) in [6.07, 6.45) is 0. The number of piperazine rings is 1. The second-order valence-corrected chi connectivity index (χ2v) is 7.13. The van der Waals surface area contributed by atoms with E-state index >= 15 is 0 Å². The van der Waals surface area contributed by atoms with E-state index in [1.165, 1.54) is 22.5 Å². The molecule has 0 amide bonds. The molecule has 0 spiro atoms. The quantitative estimate of drug-likeness (QED) is 0.840. The van der Waals surface area contributed by atoms with E-state index in [0.717, 1.165) is 6.07 Å². The summed E-state index contributed by atoms with van der Waals surface area (Å²) in [5.74, 6) is -0.631. The molecule has 0 unspecified atom stereocenters. The van der Waals surface area contributed by atoms with Crippen LogP contribution in [0, 0.1) is 23.1 Å². The Balaban J connectivity index is 2.03. The molecular weight excluding hydrogens is 293 g/mol. The molecule has 21 heavy (non-hydrogen) atoms. The normalized spacial score (nSPS) is 19.1. The summed E-state index contributed by atoms with van der Waals surface area (Å²) < 4.78 is 39.4. The van der Waals surface area contributed by atoms with Crippen LogP contribution in [0.2, 0.25) is 0 Å². The number of nitrogens with zero attached hydrogens (tertiary/aromatic N) is 3. The van der Waals surface area contributed by atoms with Crippen molar-refractivity contribution >= 4 is 10.0 Å². The predicted molar refractivity (Wildman–Crippen MR) is 76.4 cm³/mol. The Labute approximate surface area is 124 Å². The van der Waals surface area contributed by atoms with E-state index in [-0.39, 0.29) is 10.8 Å². The molecule has 0 radical (unpaired) electrons. The van der Waals surface area contributed by atoms with E-state index in [4.69, 9.17) is 5.26 Å². The second-order valence-electron chi connectivity index (χ2n) is 5.19. The molecule has 1 heterocycles. The van der Waals surface area contributed by atoms with Gasteiger partial charge in [0.1, 0.15) is 5.82 Å². The summed E-state index contributed by atoms with van der Waals surface area (Å²) in [7, 11) is -3.64. The fourth-order valence-corrected chi connectivity index (χ4v) is 3.81. The standard InChI is InChI=1S/C14H18FN3O2S/c1-12(10-16)11-17-5-7-18(8-6-17)21(19,20)14-4-2-3-13(15)9-14/h2-4,9,12H,5-8,11H2,1H3/t12-/m1/s1. The maximum atomic E-state index is 13.2. The summed E-state index contributed by atoms with van der Waals surface area (Å²) in [6.45, 7) is 4.37. The third-order valence-electron chi connectivity index (χ3n) is 3.52. The van der Waals surface area contributed by atoms with Crippen LogP contribution in [0.5, 0.6) is 0 Å². The zero-order valence-electron chi connectivity index (χ0n) is 11.9. The molecule has 5 nitrogen and oxygen atoms in total. The Morgan fingerprint density at radius 1 is 1.33 bits per heavy atom. The third-order valence-corrected chi connectivity index (χ3v) is 5.41. The van der Waals surface area contributed by atoms with Gasteiger partial charge in [-0.15, -0.1) is 0 Å². The average Bonchev–Trinajstić information content (AvgIpc) is 2.47. The lowest BCUT2D eigenvalue weighted by Crippen LogP contribution is -2.49. The monoisotopic (exact) mass is 311 g/mol. The number of nitriles is 1. The average molecular weight is 311 g/mol. The summed E-state index contributed by atoms with van der Waals surface area (Å²) in [5, 5.41) is 8.80. The lowest BCUT2D eigenvalue weighted by atomic mass is 10.2. The van der Waals surface area contributed by atoms with Crippen molar-refractivity contribution in [2.75, 3.05) is 32.7 Å². The van der Waals surface area contributed by atoms with E-state index in [2.05, 4.69) is 11.0 Å². The highest BCUT2D eigenvalue weighted by atomic mass is 32.2. The van der Waals surface area contributed by atoms with Crippen LogP contribution in [0.25, 0.3) is 0 Å². The zero-order valence-corrected chi connectivity index (χ0v) is 12.7. The van der Waals surface area contributed by atoms with E-state index in [0.29, 0.717) is 32.7 Å². The number of hydrogen-bond donors (Lipinski definition) is 0. The summed E-state index contributed by atoms with van der Waals surface area (Å²) in [4.78, 5) is 2.06.